The SMILES string of the molecule is COC(=O)CCCN(C)C(=O)c1cccc(OC(C)C)c1. The van der Waals surface area contributed by atoms with E-state index in [0.29, 0.717) is 30.7 Å². The Morgan fingerprint density at radius 2 is 2.00 bits per heavy atom. The molecule has 0 N–H and O–H groups in total. The number of benzene rings is 1. The van der Waals surface area contributed by atoms with Gasteiger partial charge in [-0.05, 0) is 38.5 Å². The molecule has 116 valence electrons. The van der Waals surface area contributed by atoms with Crippen molar-refractivity contribution in [1.82, 2.24) is 4.90 Å². The van der Waals surface area contributed by atoms with Crippen LogP contribution in [0.2, 0.25) is 0 Å². The molecule has 0 bridgehead atoms. The molecule has 1 amide bonds. The van der Waals surface area contributed by atoms with Gasteiger partial charge in [0, 0.05) is 25.6 Å². The van der Waals surface area contributed by atoms with Gasteiger partial charge in [0.2, 0.25) is 0 Å². The maximum absolute atomic E-state index is 12.3. The second-order valence-electron chi connectivity index (χ2n) is 5.10. The van der Waals surface area contributed by atoms with Crippen molar-refractivity contribution in [3.63, 3.8) is 0 Å². The van der Waals surface area contributed by atoms with Crippen molar-refractivity contribution in [3.8, 4) is 5.75 Å². The van der Waals surface area contributed by atoms with Gasteiger partial charge in [0.25, 0.3) is 5.91 Å². The van der Waals surface area contributed by atoms with E-state index >= 15 is 0 Å². The topological polar surface area (TPSA) is 55.8 Å². The molecule has 0 spiro atoms. The molecular formula is C16H23NO4. The molecule has 1 rings (SSSR count). The van der Waals surface area contributed by atoms with Crippen LogP contribution in [0, 0.1) is 0 Å². The molecule has 0 radical (unpaired) electrons. The second kappa shape index (κ2) is 8.29. The number of esters is 1. The Kier molecular flexibility index (Phi) is 6.72. The first-order valence-corrected chi connectivity index (χ1v) is 7.03. The molecule has 0 saturated heterocycles. The number of nitrogens with zero attached hydrogens (tertiary/aromatic N) is 1. The highest BCUT2D eigenvalue weighted by Crippen LogP contribution is 2.16. The predicted octanol–water partition coefficient (Wildman–Crippen LogP) is 2.50. The summed E-state index contributed by atoms with van der Waals surface area (Å²) in [7, 11) is 3.08. The van der Waals surface area contributed by atoms with E-state index in [1.54, 1.807) is 30.1 Å². The fourth-order valence-corrected chi connectivity index (χ4v) is 1.86. The number of rotatable bonds is 7. The minimum absolute atomic E-state index is 0.0631. The van der Waals surface area contributed by atoms with E-state index in [1.807, 2.05) is 19.9 Å². The fourth-order valence-electron chi connectivity index (χ4n) is 1.86. The first-order chi connectivity index (χ1) is 9.93. The summed E-state index contributed by atoms with van der Waals surface area (Å²) in [5.74, 6) is 0.330. The van der Waals surface area contributed by atoms with Crippen molar-refractivity contribution in [3.05, 3.63) is 29.8 Å². The Morgan fingerprint density at radius 3 is 2.62 bits per heavy atom. The van der Waals surface area contributed by atoms with Crippen molar-refractivity contribution < 1.29 is 19.1 Å². The van der Waals surface area contributed by atoms with E-state index in [4.69, 9.17) is 4.74 Å². The fraction of sp³-hybridized carbons (Fsp3) is 0.500. The van der Waals surface area contributed by atoms with Crippen molar-refractivity contribution in [2.45, 2.75) is 32.8 Å². The van der Waals surface area contributed by atoms with Gasteiger partial charge < -0.3 is 14.4 Å². The van der Waals surface area contributed by atoms with E-state index < -0.39 is 0 Å². The standard InChI is InChI=1S/C16H23NO4/c1-12(2)21-14-8-5-7-13(11-14)16(19)17(3)10-6-9-15(18)20-4/h5,7-8,11-12H,6,9-10H2,1-4H3. The first kappa shape index (κ1) is 17.0. The molecule has 0 aliphatic carbocycles. The maximum atomic E-state index is 12.3. The summed E-state index contributed by atoms with van der Waals surface area (Å²) in [4.78, 5) is 24.9. The number of hydrogen-bond acceptors (Lipinski definition) is 4. The lowest BCUT2D eigenvalue weighted by atomic mass is 10.2. The molecular weight excluding hydrogens is 270 g/mol. The highest BCUT2D eigenvalue weighted by molar-refractivity contribution is 5.94. The van der Waals surface area contributed by atoms with Crippen LogP contribution in [0.25, 0.3) is 0 Å². The Morgan fingerprint density at radius 1 is 1.29 bits per heavy atom. The Hall–Kier alpha value is -2.04. The van der Waals surface area contributed by atoms with Gasteiger partial charge in [-0.3, -0.25) is 9.59 Å². The molecule has 5 nitrogen and oxygen atoms in total. The average Bonchev–Trinajstić information content (AvgIpc) is 2.45. The largest absolute Gasteiger partial charge is 0.491 e. The number of amides is 1. The maximum Gasteiger partial charge on any atom is 0.305 e. The van der Waals surface area contributed by atoms with Gasteiger partial charge in [0.15, 0.2) is 0 Å². The van der Waals surface area contributed by atoms with Crippen LogP contribution in [-0.2, 0) is 9.53 Å². The van der Waals surface area contributed by atoms with Crippen LogP contribution in [0.1, 0.15) is 37.0 Å². The second-order valence-corrected chi connectivity index (χ2v) is 5.10. The predicted molar refractivity (Wildman–Crippen MR) is 80.4 cm³/mol. The van der Waals surface area contributed by atoms with Crippen molar-refractivity contribution >= 4 is 11.9 Å². The van der Waals surface area contributed by atoms with Crippen molar-refractivity contribution in [1.29, 1.82) is 0 Å². The van der Waals surface area contributed by atoms with Crippen molar-refractivity contribution in [2.24, 2.45) is 0 Å². The van der Waals surface area contributed by atoms with Gasteiger partial charge in [0.1, 0.15) is 5.75 Å². The Labute approximate surface area is 125 Å². The number of methoxy groups -OCH3 is 1. The number of carbonyl (C=O) groups excluding carboxylic acids is 2. The molecule has 0 saturated carbocycles. The molecule has 1 aromatic carbocycles. The lowest BCUT2D eigenvalue weighted by molar-refractivity contribution is -0.140. The minimum atomic E-state index is -0.261. The molecule has 0 aromatic heterocycles. The molecule has 0 heterocycles. The summed E-state index contributed by atoms with van der Waals surface area (Å²) in [5.41, 5.74) is 0.578. The Balaban J connectivity index is 2.59. The summed E-state index contributed by atoms with van der Waals surface area (Å²) < 4.78 is 10.2. The van der Waals surface area contributed by atoms with E-state index in [0.717, 1.165) is 0 Å². The van der Waals surface area contributed by atoms with Gasteiger partial charge in [-0.2, -0.15) is 0 Å². The van der Waals surface area contributed by atoms with Gasteiger partial charge in [-0.15, -0.1) is 0 Å². The van der Waals surface area contributed by atoms with E-state index in [2.05, 4.69) is 4.74 Å². The van der Waals surface area contributed by atoms with Crippen LogP contribution < -0.4 is 4.74 Å². The van der Waals surface area contributed by atoms with Crippen LogP contribution >= 0.6 is 0 Å². The molecule has 1 aromatic rings. The summed E-state index contributed by atoms with van der Waals surface area (Å²) in [6, 6.07) is 7.12. The third-order valence-corrected chi connectivity index (χ3v) is 2.90. The van der Waals surface area contributed by atoms with Crippen LogP contribution in [0.3, 0.4) is 0 Å². The molecule has 0 fully saturated rings. The zero-order valence-corrected chi connectivity index (χ0v) is 13.1. The monoisotopic (exact) mass is 293 g/mol. The lowest BCUT2D eigenvalue weighted by Crippen LogP contribution is -2.28. The zero-order valence-electron chi connectivity index (χ0n) is 13.1. The summed E-state index contributed by atoms with van der Waals surface area (Å²) in [5, 5.41) is 0. The Bertz CT molecular complexity index is 485. The van der Waals surface area contributed by atoms with Gasteiger partial charge in [-0.25, -0.2) is 0 Å². The van der Waals surface area contributed by atoms with E-state index in [1.165, 1.54) is 7.11 Å². The van der Waals surface area contributed by atoms with Gasteiger partial charge in [-0.1, -0.05) is 6.07 Å². The van der Waals surface area contributed by atoms with Gasteiger partial charge >= 0.3 is 5.97 Å². The summed E-state index contributed by atoms with van der Waals surface area (Å²) in [6.45, 7) is 4.38. The molecule has 0 aliphatic rings. The van der Waals surface area contributed by atoms with Gasteiger partial charge in [0.05, 0.1) is 13.2 Å². The molecule has 0 unspecified atom stereocenters. The highest BCUT2D eigenvalue weighted by atomic mass is 16.5. The first-order valence-electron chi connectivity index (χ1n) is 7.03. The molecule has 0 atom stereocenters. The average molecular weight is 293 g/mol. The van der Waals surface area contributed by atoms with Crippen LogP contribution in [-0.4, -0.2) is 43.6 Å². The van der Waals surface area contributed by atoms with Crippen LogP contribution in [0.5, 0.6) is 5.75 Å². The smallest absolute Gasteiger partial charge is 0.305 e. The van der Waals surface area contributed by atoms with E-state index in [-0.39, 0.29) is 18.0 Å². The number of carbonyl (C=O) groups is 2. The molecule has 5 heteroatoms. The lowest BCUT2D eigenvalue weighted by Gasteiger charge is -2.17. The molecule has 21 heavy (non-hydrogen) atoms. The molecule has 0 aliphatic heterocycles. The minimum Gasteiger partial charge on any atom is -0.491 e. The van der Waals surface area contributed by atoms with Crippen LogP contribution in [0.15, 0.2) is 24.3 Å². The number of hydrogen-bond donors (Lipinski definition) is 0. The zero-order chi connectivity index (χ0) is 15.8. The summed E-state index contributed by atoms with van der Waals surface area (Å²) in [6.07, 6.45) is 0.954. The quantitative estimate of drug-likeness (QED) is 0.725. The summed E-state index contributed by atoms with van der Waals surface area (Å²) >= 11 is 0. The normalized spacial score (nSPS) is 10.3. The number of ether oxygens (including phenoxy) is 2. The van der Waals surface area contributed by atoms with Crippen LogP contribution in [0.4, 0.5) is 0 Å². The highest BCUT2D eigenvalue weighted by Gasteiger charge is 2.13. The third-order valence-electron chi connectivity index (χ3n) is 2.90. The third kappa shape index (κ3) is 5.85. The van der Waals surface area contributed by atoms with Crippen molar-refractivity contribution in [2.75, 3.05) is 20.7 Å². The van der Waals surface area contributed by atoms with E-state index in [9.17, 15) is 9.59 Å².